The fourth-order valence-corrected chi connectivity index (χ4v) is 6.26. The molecule has 2 aromatic heterocycles. The first-order valence-corrected chi connectivity index (χ1v) is 15.8. The number of nitrogens with zero attached hydrogens (tertiary/aromatic N) is 3. The molecule has 206 valence electrons. The van der Waals surface area contributed by atoms with Crippen molar-refractivity contribution in [1.82, 2.24) is 15.0 Å². The number of benzene rings is 2. The minimum atomic E-state index is -4.54. The lowest BCUT2D eigenvalue weighted by Crippen LogP contribution is -2.16. The van der Waals surface area contributed by atoms with Gasteiger partial charge >= 0.3 is 0 Å². The number of hydrogen-bond acceptors (Lipinski definition) is 8. The van der Waals surface area contributed by atoms with Gasteiger partial charge < -0.3 is 9.87 Å². The zero-order chi connectivity index (χ0) is 28.4. The summed E-state index contributed by atoms with van der Waals surface area (Å²) < 4.78 is 67.7. The van der Waals surface area contributed by atoms with E-state index in [4.69, 9.17) is 4.98 Å². The summed E-state index contributed by atoms with van der Waals surface area (Å²) in [7, 11) is -4.54. The number of aromatic nitrogens is 3. The van der Waals surface area contributed by atoms with Gasteiger partial charge in [0.05, 0.1) is 34.1 Å². The Morgan fingerprint density at radius 3 is 2.41 bits per heavy atom. The summed E-state index contributed by atoms with van der Waals surface area (Å²) in [6, 6.07) is 11.1. The molecule has 8 nitrogen and oxygen atoms in total. The molecule has 0 radical (unpaired) electrons. The Hall–Kier alpha value is -3.13. The van der Waals surface area contributed by atoms with Crippen molar-refractivity contribution in [3.05, 3.63) is 71.4 Å². The van der Waals surface area contributed by atoms with Crippen LogP contribution in [0.25, 0.3) is 21.8 Å². The van der Waals surface area contributed by atoms with Gasteiger partial charge in [-0.2, -0.15) is 0 Å². The van der Waals surface area contributed by atoms with E-state index >= 15 is 0 Å². The maximum atomic E-state index is 14.2. The van der Waals surface area contributed by atoms with Crippen LogP contribution < -0.4 is 10.0 Å². The lowest BCUT2D eigenvalue weighted by Gasteiger charge is -2.13. The van der Waals surface area contributed by atoms with E-state index in [1.54, 1.807) is 36.7 Å². The van der Waals surface area contributed by atoms with E-state index in [0.29, 0.717) is 35.2 Å². The number of hydrogen-bond donors (Lipinski definition) is 2. The molecule has 39 heavy (non-hydrogen) atoms. The Morgan fingerprint density at radius 1 is 1.05 bits per heavy atom. The molecule has 0 aliphatic carbocycles. The van der Waals surface area contributed by atoms with E-state index in [1.807, 2.05) is 20.8 Å². The van der Waals surface area contributed by atoms with E-state index in [2.05, 4.69) is 20.0 Å². The minimum Gasteiger partial charge on any atom is -0.617 e. The minimum absolute atomic E-state index is 0.115. The third-order valence-corrected chi connectivity index (χ3v) is 9.12. The van der Waals surface area contributed by atoms with Gasteiger partial charge in [0, 0.05) is 22.9 Å². The average molecular weight is 592 g/mol. The molecular formula is C26H27F2N5O3S3. The van der Waals surface area contributed by atoms with Crippen molar-refractivity contribution in [2.24, 2.45) is 0 Å². The van der Waals surface area contributed by atoms with Gasteiger partial charge in [-0.05, 0) is 30.3 Å². The van der Waals surface area contributed by atoms with Crippen LogP contribution in [0, 0.1) is 11.6 Å². The number of rotatable bonds is 9. The zero-order valence-corrected chi connectivity index (χ0v) is 24.1. The topological polar surface area (TPSA) is 120 Å². The molecule has 2 N–H and O–H groups in total. The van der Waals surface area contributed by atoms with Gasteiger partial charge in [-0.15, -0.1) is 11.3 Å². The van der Waals surface area contributed by atoms with Crippen molar-refractivity contribution in [2.75, 3.05) is 28.6 Å². The predicted octanol–water partition coefficient (Wildman–Crippen LogP) is 5.43. The van der Waals surface area contributed by atoms with E-state index in [-0.39, 0.29) is 11.1 Å². The second-order valence-electron chi connectivity index (χ2n) is 9.65. The molecule has 0 saturated carbocycles. The molecule has 0 spiro atoms. The molecule has 0 aliphatic heterocycles. The van der Waals surface area contributed by atoms with E-state index < -0.39 is 37.7 Å². The van der Waals surface area contributed by atoms with Gasteiger partial charge in [0.15, 0.2) is 4.90 Å². The Labute approximate surface area is 233 Å². The van der Waals surface area contributed by atoms with E-state index in [1.165, 1.54) is 17.4 Å². The molecule has 4 aromatic rings. The van der Waals surface area contributed by atoms with Crippen LogP contribution in [0.15, 0.2) is 59.6 Å². The summed E-state index contributed by atoms with van der Waals surface area (Å²) in [5.41, 5.74) is 1.60. The number of anilines is 2. The highest BCUT2D eigenvalue weighted by Crippen LogP contribution is 2.40. The van der Waals surface area contributed by atoms with Crippen LogP contribution in [0.2, 0.25) is 0 Å². The van der Waals surface area contributed by atoms with Crippen LogP contribution in [-0.2, 0) is 26.6 Å². The summed E-state index contributed by atoms with van der Waals surface area (Å²) >= 11 is 0.499. The maximum Gasteiger partial charge on any atom is 0.267 e. The quantitative estimate of drug-likeness (QED) is 0.249. The third kappa shape index (κ3) is 6.90. The highest BCUT2D eigenvalue weighted by molar-refractivity contribution is 7.92. The SMILES string of the molecule is C[S+]([O-])CCNc1nccc(-c2sc(C(C)(C)C)nc2-c2cccc(NS(=O)(=O)c3c(F)cccc3F)c2)n1. The highest BCUT2D eigenvalue weighted by Gasteiger charge is 2.26. The molecule has 1 atom stereocenters. The van der Waals surface area contributed by atoms with Gasteiger partial charge in [-0.1, -0.05) is 50.1 Å². The standard InChI is InChI=1S/C26H27F2N5O3S3/c1-26(2,3)24-32-21(22(37-24)20-11-12-29-25(31-20)30-13-14-38(4)34)16-7-5-8-17(15-16)33-39(35,36)23-18(27)9-6-10-19(23)28/h5-12,15,33H,13-14H2,1-4H3,(H,29,30,31). The molecule has 4 rings (SSSR count). The van der Waals surface area contributed by atoms with Crippen LogP contribution in [0.3, 0.4) is 0 Å². The van der Waals surface area contributed by atoms with Crippen molar-refractivity contribution >= 4 is 44.2 Å². The number of halogens is 2. The van der Waals surface area contributed by atoms with Crippen molar-refractivity contribution < 1.29 is 21.8 Å². The van der Waals surface area contributed by atoms with Crippen LogP contribution >= 0.6 is 11.3 Å². The van der Waals surface area contributed by atoms with Crippen LogP contribution in [0.1, 0.15) is 25.8 Å². The largest absolute Gasteiger partial charge is 0.617 e. The van der Waals surface area contributed by atoms with Gasteiger partial charge in [0.25, 0.3) is 10.0 Å². The first-order valence-electron chi connectivity index (χ1n) is 11.8. The normalized spacial score (nSPS) is 12.8. The van der Waals surface area contributed by atoms with Crippen LogP contribution in [0.4, 0.5) is 20.4 Å². The highest BCUT2D eigenvalue weighted by atomic mass is 32.2. The fraction of sp³-hybridized carbons (Fsp3) is 0.269. The first kappa shape index (κ1) is 28.9. The van der Waals surface area contributed by atoms with Gasteiger partial charge in [0.1, 0.15) is 17.4 Å². The van der Waals surface area contributed by atoms with Gasteiger partial charge in [-0.25, -0.2) is 32.2 Å². The Bertz CT molecular complexity index is 1570. The number of thiazole rings is 1. The Morgan fingerprint density at radius 2 is 1.74 bits per heavy atom. The van der Waals surface area contributed by atoms with E-state index in [0.717, 1.165) is 28.1 Å². The number of sulfonamides is 1. The first-order chi connectivity index (χ1) is 18.3. The lowest BCUT2D eigenvalue weighted by molar-refractivity contribution is 0.521. The molecule has 1 unspecified atom stereocenters. The second-order valence-corrected chi connectivity index (χ2v) is 13.8. The van der Waals surface area contributed by atoms with Crippen molar-refractivity contribution in [2.45, 2.75) is 31.1 Å². The molecular weight excluding hydrogens is 565 g/mol. The molecule has 2 heterocycles. The average Bonchev–Trinajstić information content (AvgIpc) is 3.30. The predicted molar refractivity (Wildman–Crippen MR) is 152 cm³/mol. The molecule has 0 bridgehead atoms. The molecule has 2 aromatic carbocycles. The molecule has 13 heteroatoms. The van der Waals surface area contributed by atoms with Crippen LogP contribution in [-0.4, -0.2) is 46.5 Å². The van der Waals surface area contributed by atoms with Crippen molar-refractivity contribution in [3.8, 4) is 21.8 Å². The lowest BCUT2D eigenvalue weighted by atomic mass is 9.98. The van der Waals surface area contributed by atoms with Gasteiger partial charge in [-0.3, -0.25) is 4.72 Å². The summed E-state index contributed by atoms with van der Waals surface area (Å²) in [6.45, 7) is 6.54. The molecule has 0 aliphatic rings. The van der Waals surface area contributed by atoms with Gasteiger partial charge in [0.2, 0.25) is 5.95 Å². The monoisotopic (exact) mass is 591 g/mol. The van der Waals surface area contributed by atoms with E-state index in [9.17, 15) is 21.8 Å². The Balaban J connectivity index is 1.73. The Kier molecular flexibility index (Phi) is 8.54. The summed E-state index contributed by atoms with van der Waals surface area (Å²) in [6.07, 6.45) is 3.24. The third-order valence-electron chi connectivity index (χ3n) is 5.41. The molecule has 0 fully saturated rings. The van der Waals surface area contributed by atoms with Crippen LogP contribution in [0.5, 0.6) is 0 Å². The second kappa shape index (κ2) is 11.5. The summed E-state index contributed by atoms with van der Waals surface area (Å²) in [5.74, 6) is -1.54. The van der Waals surface area contributed by atoms with Crippen molar-refractivity contribution in [1.29, 1.82) is 0 Å². The summed E-state index contributed by atoms with van der Waals surface area (Å²) in [5, 5.41) is 3.91. The fourth-order valence-electron chi connectivity index (χ4n) is 3.56. The molecule has 0 amide bonds. The maximum absolute atomic E-state index is 14.2. The number of nitrogens with one attached hydrogen (secondary N) is 2. The smallest absolute Gasteiger partial charge is 0.267 e. The summed E-state index contributed by atoms with van der Waals surface area (Å²) in [4.78, 5) is 13.4. The van der Waals surface area contributed by atoms with Crippen molar-refractivity contribution in [3.63, 3.8) is 0 Å². The molecule has 0 saturated heterocycles. The zero-order valence-electron chi connectivity index (χ0n) is 21.7.